The summed E-state index contributed by atoms with van der Waals surface area (Å²) in [6.07, 6.45) is 1.18. The second-order valence-corrected chi connectivity index (χ2v) is 6.23. The monoisotopic (exact) mass is 335 g/mol. The Hall–Kier alpha value is -1.79. The van der Waals surface area contributed by atoms with Crippen LogP contribution in [0.2, 0.25) is 5.28 Å². The molecular weight excluding hydrogens is 322 g/mol. The number of carbonyl (C=O) groups excluding carboxylic acids is 1. The van der Waals surface area contributed by atoms with Crippen molar-refractivity contribution in [2.75, 3.05) is 18.2 Å². The fraction of sp³-hybridized carbons (Fsp3) is 0.267. The van der Waals surface area contributed by atoms with Gasteiger partial charge in [0, 0.05) is 17.9 Å². The molecule has 0 unspecified atom stereocenters. The minimum atomic E-state index is -0.252. The molecule has 2 aromatic rings. The number of esters is 1. The van der Waals surface area contributed by atoms with Crippen molar-refractivity contribution in [2.45, 2.75) is 17.7 Å². The topological polar surface area (TPSA) is 64.1 Å². The number of hydrogen-bond acceptors (Lipinski definition) is 6. The maximum Gasteiger partial charge on any atom is 0.309 e. The maximum absolute atomic E-state index is 11.3. The number of aryl methyl sites for hydroxylation is 1. The zero-order valence-electron chi connectivity index (χ0n) is 11.9. The molecule has 3 rings (SSSR count). The summed E-state index contributed by atoms with van der Waals surface area (Å²) >= 11 is 7.70. The summed E-state index contributed by atoms with van der Waals surface area (Å²) in [4.78, 5) is 20.8. The fourth-order valence-electron chi connectivity index (χ4n) is 2.20. The van der Waals surface area contributed by atoms with Crippen LogP contribution in [0.15, 0.2) is 29.2 Å². The molecule has 7 heteroatoms. The van der Waals surface area contributed by atoms with Gasteiger partial charge in [0.1, 0.15) is 5.82 Å². The van der Waals surface area contributed by atoms with Crippen molar-refractivity contribution < 1.29 is 9.53 Å². The molecule has 0 spiro atoms. The third-order valence-corrected chi connectivity index (χ3v) is 4.58. The van der Waals surface area contributed by atoms with Gasteiger partial charge in [0.25, 0.3) is 0 Å². The predicted octanol–water partition coefficient (Wildman–Crippen LogP) is 3.24. The van der Waals surface area contributed by atoms with Gasteiger partial charge in [0.2, 0.25) is 5.28 Å². The molecule has 0 saturated carbocycles. The Morgan fingerprint density at radius 1 is 1.36 bits per heavy atom. The Morgan fingerprint density at radius 3 is 2.86 bits per heavy atom. The molecule has 0 aliphatic carbocycles. The SMILES string of the molecule is COC(=O)Cc1ccc(Nc2nc(Cl)nc3c2SCC3)cc1. The van der Waals surface area contributed by atoms with Crippen LogP contribution in [0, 0.1) is 0 Å². The Bertz CT molecular complexity index is 707. The highest BCUT2D eigenvalue weighted by Gasteiger charge is 2.19. The lowest BCUT2D eigenvalue weighted by atomic mass is 10.1. The zero-order valence-corrected chi connectivity index (χ0v) is 13.5. The van der Waals surface area contributed by atoms with Crippen molar-refractivity contribution in [1.82, 2.24) is 9.97 Å². The maximum atomic E-state index is 11.3. The van der Waals surface area contributed by atoms with Gasteiger partial charge in [0.15, 0.2) is 0 Å². The van der Waals surface area contributed by atoms with E-state index in [1.54, 1.807) is 11.8 Å². The van der Waals surface area contributed by atoms with Crippen LogP contribution < -0.4 is 5.32 Å². The highest BCUT2D eigenvalue weighted by Crippen LogP contribution is 2.37. The molecule has 0 atom stereocenters. The zero-order chi connectivity index (χ0) is 15.5. The number of ether oxygens (including phenoxy) is 1. The highest BCUT2D eigenvalue weighted by molar-refractivity contribution is 7.99. The number of halogens is 1. The molecule has 1 N–H and O–H groups in total. The molecule has 2 heterocycles. The van der Waals surface area contributed by atoms with Gasteiger partial charge < -0.3 is 10.1 Å². The van der Waals surface area contributed by atoms with Crippen LogP contribution in [0.5, 0.6) is 0 Å². The van der Waals surface area contributed by atoms with E-state index in [-0.39, 0.29) is 17.7 Å². The van der Waals surface area contributed by atoms with E-state index >= 15 is 0 Å². The number of nitrogens with one attached hydrogen (secondary N) is 1. The number of carbonyl (C=O) groups is 1. The summed E-state index contributed by atoms with van der Waals surface area (Å²) in [5, 5.41) is 3.52. The number of fused-ring (bicyclic) bond motifs is 1. The summed E-state index contributed by atoms with van der Waals surface area (Å²) in [7, 11) is 1.38. The normalized spacial score (nSPS) is 12.8. The van der Waals surface area contributed by atoms with Crippen molar-refractivity contribution in [3.63, 3.8) is 0 Å². The molecule has 0 bridgehead atoms. The van der Waals surface area contributed by atoms with Gasteiger partial charge in [-0.15, -0.1) is 11.8 Å². The smallest absolute Gasteiger partial charge is 0.309 e. The van der Waals surface area contributed by atoms with Crippen LogP contribution in [-0.2, 0) is 22.4 Å². The third-order valence-electron chi connectivity index (χ3n) is 3.29. The second kappa shape index (κ2) is 6.54. The fourth-order valence-corrected chi connectivity index (χ4v) is 3.44. The van der Waals surface area contributed by atoms with E-state index in [1.807, 2.05) is 24.3 Å². The van der Waals surface area contributed by atoms with E-state index in [4.69, 9.17) is 11.6 Å². The second-order valence-electron chi connectivity index (χ2n) is 4.79. The quantitative estimate of drug-likeness (QED) is 0.683. The molecule has 114 valence electrons. The van der Waals surface area contributed by atoms with E-state index in [0.717, 1.165) is 39.8 Å². The molecule has 0 radical (unpaired) electrons. The van der Waals surface area contributed by atoms with Gasteiger partial charge in [-0.2, -0.15) is 4.98 Å². The molecule has 1 aliphatic rings. The van der Waals surface area contributed by atoms with E-state index < -0.39 is 0 Å². The van der Waals surface area contributed by atoms with Crippen LogP contribution >= 0.6 is 23.4 Å². The lowest BCUT2D eigenvalue weighted by Crippen LogP contribution is -2.04. The summed E-state index contributed by atoms with van der Waals surface area (Å²) in [5.74, 6) is 1.48. The Morgan fingerprint density at radius 2 is 2.14 bits per heavy atom. The lowest BCUT2D eigenvalue weighted by molar-refractivity contribution is -0.139. The largest absolute Gasteiger partial charge is 0.469 e. The summed E-state index contributed by atoms with van der Waals surface area (Å²) in [5.41, 5.74) is 2.78. The minimum absolute atomic E-state index is 0.252. The van der Waals surface area contributed by atoms with Gasteiger partial charge in [-0.25, -0.2) is 4.98 Å². The first-order chi connectivity index (χ1) is 10.7. The van der Waals surface area contributed by atoms with Crippen LogP contribution in [0.4, 0.5) is 11.5 Å². The molecule has 1 aromatic heterocycles. The van der Waals surface area contributed by atoms with Gasteiger partial charge in [-0.05, 0) is 29.3 Å². The first-order valence-electron chi connectivity index (χ1n) is 6.77. The minimum Gasteiger partial charge on any atom is -0.469 e. The Labute approximate surface area is 137 Å². The molecule has 0 saturated heterocycles. The van der Waals surface area contributed by atoms with Crippen molar-refractivity contribution in [3.8, 4) is 0 Å². The Balaban J connectivity index is 1.78. The van der Waals surface area contributed by atoms with E-state index in [9.17, 15) is 4.79 Å². The van der Waals surface area contributed by atoms with Crippen LogP contribution in [0.1, 0.15) is 11.3 Å². The molecule has 0 fully saturated rings. The molecule has 5 nitrogen and oxygen atoms in total. The number of benzene rings is 1. The highest BCUT2D eigenvalue weighted by atomic mass is 35.5. The molecule has 1 aliphatic heterocycles. The average molecular weight is 336 g/mol. The van der Waals surface area contributed by atoms with Crippen molar-refractivity contribution >= 4 is 40.8 Å². The summed E-state index contributed by atoms with van der Waals surface area (Å²) in [6.45, 7) is 0. The molecular formula is C15H14ClN3O2S. The lowest BCUT2D eigenvalue weighted by Gasteiger charge is -2.10. The van der Waals surface area contributed by atoms with Crippen molar-refractivity contribution in [1.29, 1.82) is 0 Å². The van der Waals surface area contributed by atoms with E-state index in [1.165, 1.54) is 7.11 Å². The van der Waals surface area contributed by atoms with E-state index in [2.05, 4.69) is 20.0 Å². The predicted molar refractivity (Wildman–Crippen MR) is 86.9 cm³/mol. The van der Waals surface area contributed by atoms with Crippen LogP contribution in [-0.4, -0.2) is 28.8 Å². The van der Waals surface area contributed by atoms with Crippen molar-refractivity contribution in [2.24, 2.45) is 0 Å². The number of anilines is 2. The third kappa shape index (κ3) is 3.34. The summed E-state index contributed by atoms with van der Waals surface area (Å²) in [6, 6.07) is 7.57. The van der Waals surface area contributed by atoms with Gasteiger partial charge >= 0.3 is 5.97 Å². The number of hydrogen-bond donors (Lipinski definition) is 1. The Kier molecular flexibility index (Phi) is 4.49. The average Bonchev–Trinajstić information content (AvgIpc) is 2.97. The van der Waals surface area contributed by atoms with Crippen LogP contribution in [0.25, 0.3) is 0 Å². The summed E-state index contributed by atoms with van der Waals surface area (Å²) < 4.78 is 4.65. The van der Waals surface area contributed by atoms with E-state index in [0.29, 0.717) is 0 Å². The molecule has 0 amide bonds. The molecule has 1 aromatic carbocycles. The number of nitrogens with zero attached hydrogens (tertiary/aromatic N) is 2. The number of thioether (sulfide) groups is 1. The van der Waals surface area contributed by atoms with Gasteiger partial charge in [-0.1, -0.05) is 12.1 Å². The van der Waals surface area contributed by atoms with Gasteiger partial charge in [0.05, 0.1) is 24.1 Å². The van der Waals surface area contributed by atoms with Gasteiger partial charge in [-0.3, -0.25) is 4.79 Å². The number of aromatic nitrogens is 2. The first-order valence-corrected chi connectivity index (χ1v) is 8.14. The molecule has 22 heavy (non-hydrogen) atoms. The van der Waals surface area contributed by atoms with Crippen LogP contribution in [0.3, 0.4) is 0 Å². The first kappa shape index (κ1) is 15.1. The number of methoxy groups -OCH3 is 1. The standard InChI is InChI=1S/C15H14ClN3O2S/c1-21-12(20)8-9-2-4-10(5-3-9)17-14-13-11(6-7-22-13)18-15(16)19-14/h2-5H,6-8H2,1H3,(H,17,18,19). The van der Waals surface area contributed by atoms with Crippen molar-refractivity contribution in [3.05, 3.63) is 40.8 Å². The number of rotatable bonds is 4.